The fraction of sp³-hybridized carbons (Fsp3) is 0.400. The Kier molecular flexibility index (Phi) is 4.31. The molecule has 0 saturated carbocycles. The number of aromatic nitrogens is 2. The molecule has 4 nitrogen and oxygen atoms in total. The zero-order valence-electron chi connectivity index (χ0n) is 15.2. The van der Waals surface area contributed by atoms with Crippen LogP contribution in [0.25, 0.3) is 21.5 Å². The molecule has 1 aliphatic heterocycles. The monoisotopic (exact) mass is 371 g/mol. The Morgan fingerprint density at radius 2 is 1.92 bits per heavy atom. The Morgan fingerprint density at radius 1 is 1.23 bits per heavy atom. The van der Waals surface area contributed by atoms with Crippen LogP contribution < -0.4 is 0 Å². The smallest absolute Gasteiger partial charge is 0.264 e. The topological polar surface area (TPSA) is 38.1 Å². The second-order valence-electron chi connectivity index (χ2n) is 7.44. The van der Waals surface area contributed by atoms with E-state index in [2.05, 4.69) is 18.9 Å². The van der Waals surface area contributed by atoms with Crippen LogP contribution in [0.5, 0.6) is 0 Å². The average Bonchev–Trinajstić information content (AvgIpc) is 3.15. The van der Waals surface area contributed by atoms with Crippen LogP contribution in [0.15, 0.2) is 30.3 Å². The molecule has 0 bridgehead atoms. The Labute approximate surface area is 156 Å². The molecule has 0 spiro atoms. The maximum atomic E-state index is 14.2. The summed E-state index contributed by atoms with van der Waals surface area (Å²) in [4.78, 5) is 16.6. The summed E-state index contributed by atoms with van der Waals surface area (Å²) >= 11 is 1.44. The molecule has 3 heterocycles. The summed E-state index contributed by atoms with van der Waals surface area (Å²) in [6, 6.07) is 8.50. The first-order valence-electron chi connectivity index (χ1n) is 8.94. The molecule has 2 atom stereocenters. The average molecular weight is 371 g/mol. The summed E-state index contributed by atoms with van der Waals surface area (Å²) < 4.78 is 16.0. The third-order valence-corrected chi connectivity index (χ3v) is 6.20. The number of hydrogen-bond donors (Lipinski definition) is 0. The Hall–Kier alpha value is -2.21. The number of benzene rings is 1. The zero-order chi connectivity index (χ0) is 18.4. The number of carbonyl (C=O) groups is 1. The SMILES string of the molecule is C[C@@H]1C[C@@H](C)CN(C(=O)c2cc3c(-c4ccccc4F)nn(C)c3s2)C1. The van der Waals surface area contributed by atoms with Crippen LogP contribution in [0.3, 0.4) is 0 Å². The Morgan fingerprint density at radius 3 is 2.62 bits per heavy atom. The molecule has 1 aromatic carbocycles. The molecule has 0 N–H and O–H groups in total. The van der Waals surface area contributed by atoms with Gasteiger partial charge >= 0.3 is 0 Å². The summed E-state index contributed by atoms with van der Waals surface area (Å²) in [5.41, 5.74) is 1.06. The van der Waals surface area contributed by atoms with Crippen molar-refractivity contribution >= 4 is 27.5 Å². The number of fused-ring (bicyclic) bond motifs is 1. The van der Waals surface area contributed by atoms with Gasteiger partial charge in [0.15, 0.2) is 0 Å². The summed E-state index contributed by atoms with van der Waals surface area (Å²) in [7, 11) is 1.84. The Balaban J connectivity index is 1.73. The third kappa shape index (κ3) is 2.92. The molecule has 2 aromatic heterocycles. The summed E-state index contributed by atoms with van der Waals surface area (Å²) in [6.07, 6.45) is 1.16. The van der Waals surface area contributed by atoms with Crippen LogP contribution in [-0.4, -0.2) is 33.7 Å². The second kappa shape index (κ2) is 6.50. The van der Waals surface area contributed by atoms with Crippen molar-refractivity contribution in [1.29, 1.82) is 0 Å². The number of hydrogen-bond acceptors (Lipinski definition) is 3. The number of amides is 1. The van der Waals surface area contributed by atoms with Crippen LogP contribution in [0.1, 0.15) is 29.9 Å². The van der Waals surface area contributed by atoms with Gasteiger partial charge in [0.25, 0.3) is 5.91 Å². The number of carbonyl (C=O) groups excluding carboxylic acids is 1. The number of rotatable bonds is 2. The van der Waals surface area contributed by atoms with Crippen LogP contribution >= 0.6 is 11.3 Å². The van der Waals surface area contributed by atoms with Crippen molar-refractivity contribution < 1.29 is 9.18 Å². The number of nitrogens with zero attached hydrogens (tertiary/aromatic N) is 3. The largest absolute Gasteiger partial charge is 0.337 e. The van der Waals surface area contributed by atoms with E-state index in [0.29, 0.717) is 28.0 Å². The predicted molar refractivity (Wildman–Crippen MR) is 103 cm³/mol. The molecule has 6 heteroatoms. The molecular formula is C20H22FN3OS. The molecule has 3 aromatic rings. The molecule has 1 fully saturated rings. The lowest BCUT2D eigenvalue weighted by molar-refractivity contribution is 0.0628. The maximum absolute atomic E-state index is 14.2. The van der Waals surface area contributed by atoms with Gasteiger partial charge < -0.3 is 4.90 Å². The summed E-state index contributed by atoms with van der Waals surface area (Å²) in [5.74, 6) is 0.815. The van der Waals surface area contributed by atoms with Crippen molar-refractivity contribution in [2.45, 2.75) is 20.3 Å². The van der Waals surface area contributed by atoms with Crippen LogP contribution in [0.2, 0.25) is 0 Å². The number of halogens is 1. The van der Waals surface area contributed by atoms with Crippen molar-refractivity contribution in [3.05, 3.63) is 41.0 Å². The van der Waals surface area contributed by atoms with Gasteiger partial charge in [-0.05, 0) is 36.5 Å². The van der Waals surface area contributed by atoms with Crippen molar-refractivity contribution in [3.63, 3.8) is 0 Å². The van der Waals surface area contributed by atoms with E-state index in [1.54, 1.807) is 22.9 Å². The molecule has 0 unspecified atom stereocenters. The summed E-state index contributed by atoms with van der Waals surface area (Å²) in [5, 5.41) is 5.32. The molecular weight excluding hydrogens is 349 g/mol. The Bertz CT molecular complexity index is 967. The highest BCUT2D eigenvalue weighted by molar-refractivity contribution is 7.20. The molecule has 0 radical (unpaired) electrons. The third-order valence-electron chi connectivity index (χ3n) is 5.01. The highest BCUT2D eigenvalue weighted by atomic mass is 32.1. The molecule has 1 amide bonds. The minimum absolute atomic E-state index is 0.0732. The lowest BCUT2D eigenvalue weighted by atomic mass is 9.92. The fourth-order valence-corrected chi connectivity index (χ4v) is 5.02. The summed E-state index contributed by atoms with van der Waals surface area (Å²) in [6.45, 7) is 5.99. The molecule has 0 aliphatic carbocycles. The predicted octanol–water partition coefficient (Wildman–Crippen LogP) is 4.56. The van der Waals surface area contributed by atoms with Gasteiger partial charge in [0.05, 0.1) is 4.88 Å². The molecule has 26 heavy (non-hydrogen) atoms. The van der Waals surface area contributed by atoms with Crippen molar-refractivity contribution in [2.75, 3.05) is 13.1 Å². The lowest BCUT2D eigenvalue weighted by Crippen LogP contribution is -2.42. The minimum Gasteiger partial charge on any atom is -0.337 e. The van der Waals surface area contributed by atoms with E-state index in [9.17, 15) is 9.18 Å². The van der Waals surface area contributed by atoms with E-state index < -0.39 is 0 Å². The zero-order valence-corrected chi connectivity index (χ0v) is 16.0. The van der Waals surface area contributed by atoms with Gasteiger partial charge in [-0.3, -0.25) is 9.48 Å². The van der Waals surface area contributed by atoms with Crippen molar-refractivity contribution in [3.8, 4) is 11.3 Å². The maximum Gasteiger partial charge on any atom is 0.264 e. The van der Waals surface area contributed by atoms with E-state index in [4.69, 9.17) is 0 Å². The van der Waals surface area contributed by atoms with E-state index >= 15 is 0 Å². The second-order valence-corrected chi connectivity index (χ2v) is 8.47. The highest BCUT2D eigenvalue weighted by Crippen LogP contribution is 2.35. The normalized spacial score (nSPS) is 20.7. The highest BCUT2D eigenvalue weighted by Gasteiger charge is 2.28. The van der Waals surface area contributed by atoms with Gasteiger partial charge in [-0.25, -0.2) is 4.39 Å². The first kappa shape index (κ1) is 17.2. The van der Waals surface area contributed by atoms with Crippen LogP contribution in [-0.2, 0) is 7.05 Å². The van der Waals surface area contributed by atoms with E-state index in [1.807, 2.05) is 18.0 Å². The van der Waals surface area contributed by atoms with Crippen molar-refractivity contribution in [2.24, 2.45) is 18.9 Å². The molecule has 1 aliphatic rings. The quantitative estimate of drug-likeness (QED) is 0.662. The minimum atomic E-state index is -0.301. The van der Waals surface area contributed by atoms with Gasteiger partial charge in [-0.2, -0.15) is 5.10 Å². The standard InChI is InChI=1S/C20H22FN3OS/c1-12-8-13(2)11-24(10-12)19(25)17-9-15-18(22-23(3)20(15)26-17)14-6-4-5-7-16(14)21/h4-7,9,12-13H,8,10-11H2,1-3H3/t12-,13-/m1/s1. The van der Waals surface area contributed by atoms with E-state index in [1.165, 1.54) is 17.4 Å². The molecule has 1 saturated heterocycles. The first-order chi connectivity index (χ1) is 12.4. The van der Waals surface area contributed by atoms with Gasteiger partial charge in [0.1, 0.15) is 16.3 Å². The number of piperidine rings is 1. The van der Waals surface area contributed by atoms with E-state index in [0.717, 1.165) is 29.7 Å². The lowest BCUT2D eigenvalue weighted by Gasteiger charge is -2.34. The first-order valence-corrected chi connectivity index (χ1v) is 9.76. The molecule has 136 valence electrons. The van der Waals surface area contributed by atoms with Gasteiger partial charge in [-0.15, -0.1) is 11.3 Å². The van der Waals surface area contributed by atoms with Crippen LogP contribution in [0.4, 0.5) is 4.39 Å². The van der Waals surface area contributed by atoms with Gasteiger partial charge in [0, 0.05) is 31.1 Å². The number of likely N-dealkylation sites (tertiary alicyclic amines) is 1. The van der Waals surface area contributed by atoms with Crippen LogP contribution in [0, 0.1) is 17.7 Å². The van der Waals surface area contributed by atoms with Gasteiger partial charge in [0.2, 0.25) is 0 Å². The number of aryl methyl sites for hydroxylation is 1. The molecule has 4 rings (SSSR count). The van der Waals surface area contributed by atoms with Crippen molar-refractivity contribution in [1.82, 2.24) is 14.7 Å². The van der Waals surface area contributed by atoms with E-state index in [-0.39, 0.29) is 11.7 Å². The fourth-order valence-electron chi connectivity index (χ4n) is 3.98. The number of thiophene rings is 1. The van der Waals surface area contributed by atoms with Gasteiger partial charge in [-0.1, -0.05) is 26.0 Å².